The van der Waals surface area contributed by atoms with Crippen LogP contribution in [-0.2, 0) is 16.0 Å². The summed E-state index contributed by atoms with van der Waals surface area (Å²) in [6.45, 7) is 2.12. The molecule has 0 spiro atoms. The van der Waals surface area contributed by atoms with Crippen LogP contribution in [0.25, 0.3) is 6.08 Å². The van der Waals surface area contributed by atoms with Crippen molar-refractivity contribution < 1.29 is 19.4 Å². The fraction of sp³-hybridized carbons (Fsp3) is 0.481. The van der Waals surface area contributed by atoms with Gasteiger partial charge in [0.05, 0.1) is 12.5 Å². The van der Waals surface area contributed by atoms with Gasteiger partial charge in [-0.25, -0.2) is 0 Å². The van der Waals surface area contributed by atoms with E-state index in [2.05, 4.69) is 18.0 Å². The van der Waals surface area contributed by atoms with Crippen molar-refractivity contribution in [3.05, 3.63) is 53.4 Å². The summed E-state index contributed by atoms with van der Waals surface area (Å²) < 4.78 is 5.96. The number of ketones is 2. The highest BCUT2D eigenvalue weighted by Crippen LogP contribution is 2.38. The minimum Gasteiger partial charge on any atom is -0.504 e. The smallest absolute Gasteiger partial charge is 0.161 e. The molecule has 1 aromatic carbocycles. The highest BCUT2D eigenvalue weighted by atomic mass is 16.5. The number of benzene rings is 1. The molecule has 5 nitrogen and oxygen atoms in total. The molecule has 1 heterocycles. The summed E-state index contributed by atoms with van der Waals surface area (Å²) in [7, 11) is 0. The molecule has 170 valence electrons. The zero-order valence-corrected chi connectivity index (χ0v) is 18.8. The maximum atomic E-state index is 13.0. The van der Waals surface area contributed by atoms with Crippen LogP contribution in [0.5, 0.6) is 11.5 Å². The third-order valence-electron chi connectivity index (χ3n) is 6.77. The van der Waals surface area contributed by atoms with E-state index in [1.807, 2.05) is 30.5 Å². The highest BCUT2D eigenvalue weighted by molar-refractivity contribution is 6.01. The zero-order valence-electron chi connectivity index (χ0n) is 18.8. The molecule has 2 aliphatic rings. The predicted octanol–water partition coefficient (Wildman–Crippen LogP) is 5.73. The van der Waals surface area contributed by atoms with E-state index in [1.165, 1.54) is 5.56 Å². The van der Waals surface area contributed by atoms with Gasteiger partial charge in [0, 0.05) is 24.2 Å². The van der Waals surface area contributed by atoms with Gasteiger partial charge >= 0.3 is 0 Å². The summed E-state index contributed by atoms with van der Waals surface area (Å²) in [5.74, 6) is 0.505. The summed E-state index contributed by atoms with van der Waals surface area (Å²) in [5.41, 5.74) is 3.19. The number of hydrogen-bond donors (Lipinski definition) is 2. The number of carbonyl (C=O) groups excluding carboxylic acids is 2. The van der Waals surface area contributed by atoms with Crippen LogP contribution in [0.3, 0.4) is 0 Å². The summed E-state index contributed by atoms with van der Waals surface area (Å²) in [6, 6.07) is 7.33. The number of phenols is 1. The minimum atomic E-state index is -0.234. The van der Waals surface area contributed by atoms with E-state index in [4.69, 9.17) is 4.74 Å². The number of rotatable bonds is 10. The molecule has 0 saturated heterocycles. The van der Waals surface area contributed by atoms with E-state index in [0.29, 0.717) is 18.6 Å². The molecule has 2 atom stereocenters. The summed E-state index contributed by atoms with van der Waals surface area (Å²) >= 11 is 0. The van der Waals surface area contributed by atoms with E-state index in [-0.39, 0.29) is 41.7 Å². The molecule has 0 unspecified atom stereocenters. The van der Waals surface area contributed by atoms with E-state index in [9.17, 15) is 14.7 Å². The van der Waals surface area contributed by atoms with Crippen molar-refractivity contribution in [3.63, 3.8) is 0 Å². The number of H-pyrrole nitrogens is 1. The first kappa shape index (κ1) is 22.4. The van der Waals surface area contributed by atoms with Crippen molar-refractivity contribution in [2.45, 2.75) is 76.7 Å². The minimum absolute atomic E-state index is 0.00696. The summed E-state index contributed by atoms with van der Waals surface area (Å²) in [5, 5.41) is 10.1. The number of aryl methyl sites for hydroxylation is 1. The Kier molecular flexibility index (Phi) is 7.13. The number of aromatic nitrogens is 1. The van der Waals surface area contributed by atoms with E-state index < -0.39 is 0 Å². The van der Waals surface area contributed by atoms with Gasteiger partial charge in [-0.05, 0) is 79.8 Å². The lowest BCUT2D eigenvalue weighted by Gasteiger charge is -2.26. The average Bonchev–Trinajstić information content (AvgIpc) is 3.46. The van der Waals surface area contributed by atoms with Crippen molar-refractivity contribution >= 4 is 17.6 Å². The van der Waals surface area contributed by atoms with Crippen LogP contribution >= 0.6 is 0 Å². The molecule has 2 aliphatic carbocycles. The summed E-state index contributed by atoms with van der Waals surface area (Å²) in [6.07, 6.45) is 13.1. The summed E-state index contributed by atoms with van der Waals surface area (Å²) in [4.78, 5) is 28.8. The van der Waals surface area contributed by atoms with Gasteiger partial charge in [0.25, 0.3) is 0 Å². The Balaban J connectivity index is 1.33. The van der Waals surface area contributed by atoms with Gasteiger partial charge in [-0.1, -0.05) is 25.5 Å². The lowest BCUT2D eigenvalue weighted by atomic mass is 9.76. The second-order valence-corrected chi connectivity index (χ2v) is 9.13. The molecule has 1 saturated carbocycles. The lowest BCUT2D eigenvalue weighted by Crippen LogP contribution is -2.25. The SMILES string of the molecule is CCC[C@@H]1c2cc[nH]c2C=C[C@H]1C(=O)CC(=O)CCc1ccc(O)c(OC2CCCC2)c1. The molecule has 2 N–H and O–H groups in total. The van der Waals surface area contributed by atoms with Crippen molar-refractivity contribution in [2.75, 3.05) is 0 Å². The van der Waals surface area contributed by atoms with Crippen molar-refractivity contribution in [1.29, 1.82) is 0 Å². The Labute approximate surface area is 189 Å². The van der Waals surface area contributed by atoms with E-state index >= 15 is 0 Å². The van der Waals surface area contributed by atoms with Crippen molar-refractivity contribution in [2.24, 2.45) is 5.92 Å². The first-order chi connectivity index (χ1) is 15.5. The topological polar surface area (TPSA) is 79.4 Å². The Morgan fingerprint density at radius 3 is 2.78 bits per heavy atom. The zero-order chi connectivity index (χ0) is 22.5. The van der Waals surface area contributed by atoms with Gasteiger partial charge in [0.15, 0.2) is 11.5 Å². The molecule has 32 heavy (non-hydrogen) atoms. The fourth-order valence-electron chi connectivity index (χ4n) is 5.05. The third-order valence-corrected chi connectivity index (χ3v) is 6.77. The second kappa shape index (κ2) is 10.2. The maximum Gasteiger partial charge on any atom is 0.161 e. The Bertz CT molecular complexity index is 983. The predicted molar refractivity (Wildman–Crippen MR) is 125 cm³/mol. The van der Waals surface area contributed by atoms with Gasteiger partial charge in [-0.3, -0.25) is 9.59 Å². The molecular formula is C27H33NO4. The molecular weight excluding hydrogens is 402 g/mol. The molecule has 0 radical (unpaired) electrons. The second-order valence-electron chi connectivity index (χ2n) is 9.13. The number of carbonyl (C=O) groups is 2. The van der Waals surface area contributed by atoms with E-state index in [0.717, 1.165) is 49.8 Å². The molecule has 0 aliphatic heterocycles. The first-order valence-electron chi connectivity index (χ1n) is 11.9. The van der Waals surface area contributed by atoms with Crippen molar-refractivity contribution in [3.8, 4) is 11.5 Å². The van der Waals surface area contributed by atoms with Crippen LogP contribution in [0.2, 0.25) is 0 Å². The molecule has 2 aromatic rings. The van der Waals surface area contributed by atoms with Crippen molar-refractivity contribution in [1.82, 2.24) is 4.98 Å². The normalized spacial score (nSPS) is 20.3. The Morgan fingerprint density at radius 2 is 2.00 bits per heavy atom. The fourth-order valence-corrected chi connectivity index (χ4v) is 5.05. The standard InChI is InChI=1S/C27H33NO4/c1-2-5-21-22-14-15-28-24(22)12-11-23(21)26(31)17-19(29)10-8-18-9-13-25(30)27(16-18)32-20-6-3-4-7-20/h9,11-16,20-21,23,28,30H,2-8,10,17H2,1H3/t21-,23-/m1/s1. The molecule has 1 aromatic heterocycles. The van der Waals surface area contributed by atoms with E-state index in [1.54, 1.807) is 6.07 Å². The van der Waals surface area contributed by atoms with Crippen LogP contribution < -0.4 is 4.74 Å². The van der Waals surface area contributed by atoms with Crippen LogP contribution in [0.1, 0.15) is 81.0 Å². The number of allylic oxidation sites excluding steroid dienone is 1. The molecule has 1 fully saturated rings. The monoisotopic (exact) mass is 435 g/mol. The highest BCUT2D eigenvalue weighted by Gasteiger charge is 2.32. The molecule has 0 amide bonds. The van der Waals surface area contributed by atoms with Gasteiger partial charge in [-0.15, -0.1) is 0 Å². The van der Waals surface area contributed by atoms with Gasteiger partial charge in [-0.2, -0.15) is 0 Å². The molecule has 4 rings (SSSR count). The molecule has 0 bridgehead atoms. The first-order valence-corrected chi connectivity index (χ1v) is 11.9. The maximum absolute atomic E-state index is 13.0. The lowest BCUT2D eigenvalue weighted by molar-refractivity contribution is -0.128. The third kappa shape index (κ3) is 5.14. The van der Waals surface area contributed by atoms with Gasteiger partial charge < -0.3 is 14.8 Å². The van der Waals surface area contributed by atoms with Crippen LogP contribution in [-0.4, -0.2) is 27.8 Å². The quantitative estimate of drug-likeness (QED) is 0.467. The number of Topliss-reactive ketones (excluding diaryl/α,β-unsaturated/α-hetero) is 2. The molecule has 5 heteroatoms. The number of ether oxygens (including phenoxy) is 1. The Morgan fingerprint density at radius 1 is 1.19 bits per heavy atom. The van der Waals surface area contributed by atoms with Crippen LogP contribution in [0.4, 0.5) is 0 Å². The number of phenolic OH excluding ortho intramolecular Hbond substituents is 1. The number of aromatic amines is 1. The average molecular weight is 436 g/mol. The number of aromatic hydroxyl groups is 1. The van der Waals surface area contributed by atoms with Gasteiger partial charge in [0.1, 0.15) is 11.6 Å². The number of hydrogen-bond acceptors (Lipinski definition) is 4. The van der Waals surface area contributed by atoms with Crippen LogP contribution in [0, 0.1) is 5.92 Å². The largest absolute Gasteiger partial charge is 0.504 e. The van der Waals surface area contributed by atoms with Gasteiger partial charge in [0.2, 0.25) is 0 Å². The number of fused-ring (bicyclic) bond motifs is 1. The Hall–Kier alpha value is -2.82. The number of nitrogens with one attached hydrogen (secondary N) is 1. The van der Waals surface area contributed by atoms with Crippen LogP contribution in [0.15, 0.2) is 36.5 Å².